The summed E-state index contributed by atoms with van der Waals surface area (Å²) in [4.78, 5) is 23.4. The van der Waals surface area contributed by atoms with E-state index in [2.05, 4.69) is 20.2 Å². The summed E-state index contributed by atoms with van der Waals surface area (Å²) in [6.07, 6.45) is 4.42. The van der Waals surface area contributed by atoms with Gasteiger partial charge in [-0.3, -0.25) is 4.90 Å². The number of piperidine rings is 1. The molecule has 0 aliphatic carbocycles. The van der Waals surface area contributed by atoms with E-state index in [1.54, 1.807) is 18.2 Å². The number of aromatic amines is 1. The summed E-state index contributed by atoms with van der Waals surface area (Å²) in [5.74, 6) is 0. The predicted octanol–water partition coefficient (Wildman–Crippen LogP) is 4.41. The number of nitrogens with zero attached hydrogens (tertiary/aromatic N) is 3. The van der Waals surface area contributed by atoms with Gasteiger partial charge in [-0.2, -0.15) is 0 Å². The Kier molecular flexibility index (Phi) is 6.67. The van der Waals surface area contributed by atoms with Crippen LogP contribution in [-0.2, 0) is 4.74 Å². The number of methoxy groups -OCH3 is 1. The van der Waals surface area contributed by atoms with Gasteiger partial charge >= 0.3 is 6.09 Å². The Morgan fingerprint density at radius 2 is 2.27 bits per heavy atom. The van der Waals surface area contributed by atoms with Crippen molar-refractivity contribution in [3.8, 4) is 0 Å². The Labute approximate surface area is 182 Å². The minimum Gasteiger partial charge on any atom is -0.465 e. The third-order valence-corrected chi connectivity index (χ3v) is 5.90. The fourth-order valence-corrected chi connectivity index (χ4v) is 4.46. The first-order valence-electron chi connectivity index (χ1n) is 10.3. The second kappa shape index (κ2) is 8.89. The van der Waals surface area contributed by atoms with Crippen molar-refractivity contribution in [1.82, 2.24) is 14.9 Å². The van der Waals surface area contributed by atoms with Gasteiger partial charge in [0.15, 0.2) is 0 Å². The Morgan fingerprint density at radius 1 is 1.53 bits per heavy atom. The molecule has 2 aromatic rings. The van der Waals surface area contributed by atoms with Crippen molar-refractivity contribution in [2.45, 2.75) is 58.2 Å². The molecule has 1 fully saturated rings. The van der Waals surface area contributed by atoms with Crippen LogP contribution in [0, 0.1) is 0 Å². The van der Waals surface area contributed by atoms with Crippen molar-refractivity contribution in [3.05, 3.63) is 17.4 Å². The fourth-order valence-electron chi connectivity index (χ4n) is 4.20. The van der Waals surface area contributed by atoms with Crippen LogP contribution in [0.5, 0.6) is 0 Å². The van der Waals surface area contributed by atoms with Gasteiger partial charge in [0.1, 0.15) is 5.65 Å². The highest BCUT2D eigenvalue weighted by Crippen LogP contribution is 2.39. The molecule has 166 valence electrons. The molecule has 1 amide bonds. The molecule has 3 rings (SSSR count). The molecule has 1 aliphatic rings. The summed E-state index contributed by atoms with van der Waals surface area (Å²) in [7, 11) is 1.68. The van der Waals surface area contributed by atoms with E-state index < -0.39 is 11.6 Å². The van der Waals surface area contributed by atoms with E-state index in [1.807, 2.05) is 33.9 Å². The summed E-state index contributed by atoms with van der Waals surface area (Å²) in [5.41, 5.74) is 2.06. The highest BCUT2D eigenvalue weighted by Gasteiger charge is 2.36. The molecule has 3 N–H and O–H groups in total. The van der Waals surface area contributed by atoms with E-state index in [1.165, 1.54) is 0 Å². The minimum absolute atomic E-state index is 0.0563. The second-order valence-corrected chi connectivity index (χ2v) is 9.28. The normalized spacial score (nSPS) is 18.5. The Morgan fingerprint density at radius 3 is 2.90 bits per heavy atom. The first-order valence-corrected chi connectivity index (χ1v) is 10.7. The van der Waals surface area contributed by atoms with Crippen LogP contribution in [0.15, 0.2) is 12.4 Å². The van der Waals surface area contributed by atoms with Crippen molar-refractivity contribution in [2.24, 2.45) is 0 Å². The number of H-pyrrole nitrogens is 1. The Bertz CT molecular complexity index is 895. The molecule has 3 heterocycles. The van der Waals surface area contributed by atoms with E-state index in [4.69, 9.17) is 16.3 Å². The minimum atomic E-state index is -0.891. The number of halogens is 1. The zero-order valence-electron chi connectivity index (χ0n) is 18.3. The van der Waals surface area contributed by atoms with E-state index in [0.717, 1.165) is 41.8 Å². The lowest BCUT2D eigenvalue weighted by atomic mass is 9.97. The van der Waals surface area contributed by atoms with Crippen LogP contribution in [0.2, 0.25) is 5.02 Å². The van der Waals surface area contributed by atoms with Crippen LogP contribution in [0.3, 0.4) is 0 Å². The quantitative estimate of drug-likeness (QED) is 0.619. The summed E-state index contributed by atoms with van der Waals surface area (Å²) >= 11 is 6.63. The van der Waals surface area contributed by atoms with Gasteiger partial charge in [0.2, 0.25) is 0 Å². The number of rotatable bonds is 6. The molecule has 0 unspecified atom stereocenters. The zero-order chi connectivity index (χ0) is 22.1. The zero-order valence-corrected chi connectivity index (χ0v) is 19.1. The monoisotopic (exact) mass is 437 g/mol. The predicted molar refractivity (Wildman–Crippen MR) is 121 cm³/mol. The topological polar surface area (TPSA) is 93.7 Å². The van der Waals surface area contributed by atoms with E-state index in [9.17, 15) is 9.90 Å². The number of nitrogens with one attached hydrogen (secondary N) is 2. The summed E-state index contributed by atoms with van der Waals surface area (Å²) in [5, 5.41) is 14.7. The van der Waals surface area contributed by atoms with E-state index >= 15 is 0 Å². The van der Waals surface area contributed by atoms with Crippen molar-refractivity contribution in [2.75, 3.05) is 37.0 Å². The average Bonchev–Trinajstić information content (AvgIpc) is 3.07. The molecular formula is C21H32ClN5O3. The van der Waals surface area contributed by atoms with Gasteiger partial charge in [0.25, 0.3) is 0 Å². The standard InChI is InChI=1S/C21H32ClN5O3/c1-13(30-5)9-23-16-11-25-19-17(16)18(15(22)10-24-19)26-8-6-7-14(12-26)27(20(28)29)21(2,3)4/h10-11,13-14,23H,6-9,12H2,1-5H3,(H,24,25)(H,28,29)/t13-,14+/m0/s1. The van der Waals surface area contributed by atoms with Crippen molar-refractivity contribution < 1.29 is 14.6 Å². The molecule has 1 saturated heterocycles. The van der Waals surface area contributed by atoms with E-state index in [0.29, 0.717) is 18.1 Å². The molecule has 8 nitrogen and oxygen atoms in total. The first kappa shape index (κ1) is 22.5. The Balaban J connectivity index is 1.96. The SMILES string of the molecule is CO[C@@H](C)CNc1c[nH]c2ncc(Cl)c(N3CCC[C@@H](N(C(=O)O)C(C)(C)C)C3)c12. The number of fused-ring (bicyclic) bond motifs is 1. The van der Waals surface area contributed by atoms with Crippen molar-refractivity contribution in [3.63, 3.8) is 0 Å². The molecular weight excluding hydrogens is 406 g/mol. The number of aromatic nitrogens is 2. The van der Waals surface area contributed by atoms with Crippen molar-refractivity contribution >= 4 is 40.1 Å². The third kappa shape index (κ3) is 4.59. The lowest BCUT2D eigenvalue weighted by molar-refractivity contribution is 0.0648. The molecule has 0 saturated carbocycles. The number of hydrogen-bond donors (Lipinski definition) is 3. The largest absolute Gasteiger partial charge is 0.465 e. The number of hydrogen-bond acceptors (Lipinski definition) is 5. The molecule has 2 atom stereocenters. The van der Waals surface area contributed by atoms with Crippen LogP contribution < -0.4 is 10.2 Å². The van der Waals surface area contributed by atoms with Gasteiger partial charge in [-0.25, -0.2) is 9.78 Å². The van der Waals surface area contributed by atoms with Crippen LogP contribution in [-0.4, -0.2) is 70.5 Å². The lowest BCUT2D eigenvalue weighted by Gasteiger charge is -2.45. The highest BCUT2D eigenvalue weighted by molar-refractivity contribution is 6.35. The number of pyridine rings is 1. The summed E-state index contributed by atoms with van der Waals surface area (Å²) < 4.78 is 5.34. The van der Waals surface area contributed by atoms with Crippen LogP contribution >= 0.6 is 11.6 Å². The van der Waals surface area contributed by atoms with Crippen molar-refractivity contribution in [1.29, 1.82) is 0 Å². The van der Waals surface area contributed by atoms with E-state index in [-0.39, 0.29) is 12.1 Å². The van der Waals surface area contributed by atoms with Gasteiger partial charge < -0.3 is 25.0 Å². The molecule has 1 aliphatic heterocycles. The number of carboxylic acid groups (broad SMARTS) is 1. The number of carbonyl (C=O) groups is 1. The Hall–Kier alpha value is -2.19. The first-order chi connectivity index (χ1) is 14.1. The molecule has 9 heteroatoms. The molecule has 2 aromatic heterocycles. The van der Waals surface area contributed by atoms with Crippen LogP contribution in [0.1, 0.15) is 40.5 Å². The van der Waals surface area contributed by atoms with Gasteiger partial charge in [0, 0.05) is 38.5 Å². The molecule has 0 aromatic carbocycles. The van der Waals surface area contributed by atoms with Gasteiger partial charge in [-0.05, 0) is 40.5 Å². The van der Waals surface area contributed by atoms with Gasteiger partial charge in [-0.15, -0.1) is 0 Å². The maximum absolute atomic E-state index is 12.0. The smallest absolute Gasteiger partial charge is 0.408 e. The second-order valence-electron chi connectivity index (χ2n) is 8.87. The number of ether oxygens (including phenoxy) is 1. The summed E-state index contributed by atoms with van der Waals surface area (Å²) in [6, 6.07) is -0.112. The highest BCUT2D eigenvalue weighted by atomic mass is 35.5. The maximum Gasteiger partial charge on any atom is 0.408 e. The maximum atomic E-state index is 12.0. The molecule has 0 radical (unpaired) electrons. The average molecular weight is 438 g/mol. The molecule has 30 heavy (non-hydrogen) atoms. The van der Waals surface area contributed by atoms with Crippen LogP contribution in [0.4, 0.5) is 16.2 Å². The van der Waals surface area contributed by atoms with Gasteiger partial charge in [-0.1, -0.05) is 11.6 Å². The summed E-state index contributed by atoms with van der Waals surface area (Å²) in [6.45, 7) is 9.84. The number of anilines is 2. The fraction of sp³-hybridized carbons (Fsp3) is 0.619. The van der Waals surface area contributed by atoms with Gasteiger partial charge in [0.05, 0.1) is 40.1 Å². The molecule has 0 spiro atoms. The number of amides is 1. The lowest BCUT2D eigenvalue weighted by Crippen LogP contribution is -2.56. The molecule has 0 bridgehead atoms. The van der Waals surface area contributed by atoms with Crippen LogP contribution in [0.25, 0.3) is 11.0 Å². The third-order valence-electron chi connectivity index (χ3n) is 5.62.